The Balaban J connectivity index is 1.92. The van der Waals surface area contributed by atoms with Crippen LogP contribution < -0.4 is 5.32 Å². The van der Waals surface area contributed by atoms with Crippen molar-refractivity contribution in [3.63, 3.8) is 0 Å². The number of carbonyl (C=O) groups excluding carboxylic acids is 1. The van der Waals surface area contributed by atoms with E-state index < -0.39 is 29.5 Å². The molecule has 0 saturated carbocycles. The quantitative estimate of drug-likeness (QED) is 0.830. The topological polar surface area (TPSA) is 61.0 Å². The highest BCUT2D eigenvalue weighted by Crippen LogP contribution is 2.34. The molecule has 0 unspecified atom stereocenters. The minimum absolute atomic E-state index is 0.0985. The van der Waals surface area contributed by atoms with Gasteiger partial charge in [-0.1, -0.05) is 0 Å². The second-order valence-corrected chi connectivity index (χ2v) is 6.62. The summed E-state index contributed by atoms with van der Waals surface area (Å²) in [5.41, 5.74) is -1.75. The molecule has 0 atom stereocenters. The lowest BCUT2D eigenvalue weighted by Gasteiger charge is -2.37. The van der Waals surface area contributed by atoms with E-state index in [2.05, 4.69) is 15.3 Å². The largest absolute Gasteiger partial charge is 0.416 e. The maximum Gasteiger partial charge on any atom is 0.416 e. The van der Waals surface area contributed by atoms with Gasteiger partial charge < -0.3 is 15.2 Å². The third-order valence-electron chi connectivity index (χ3n) is 4.32. The van der Waals surface area contributed by atoms with Crippen molar-refractivity contribution in [3.05, 3.63) is 29.1 Å². The zero-order valence-corrected chi connectivity index (χ0v) is 13.8. The Labute approximate surface area is 141 Å². The lowest BCUT2D eigenvalue weighted by atomic mass is 10.0. The van der Waals surface area contributed by atoms with Crippen LogP contribution in [0.2, 0.25) is 0 Å². The summed E-state index contributed by atoms with van der Waals surface area (Å²) in [5, 5.41) is 3.10. The molecule has 1 fully saturated rings. The molecule has 25 heavy (non-hydrogen) atoms. The second kappa shape index (κ2) is 5.98. The molecule has 0 bridgehead atoms. The number of hydrogen-bond donors (Lipinski definition) is 2. The van der Waals surface area contributed by atoms with Crippen LogP contribution >= 0.6 is 0 Å². The number of amides is 1. The van der Waals surface area contributed by atoms with Crippen LogP contribution in [0.4, 0.5) is 17.6 Å². The minimum Gasteiger partial charge on any atom is -0.340 e. The first-order valence-corrected chi connectivity index (χ1v) is 7.81. The molecule has 0 spiro atoms. The Kier molecular flexibility index (Phi) is 4.22. The monoisotopic (exact) mass is 358 g/mol. The maximum atomic E-state index is 13.0. The molecule has 2 N–H and O–H groups in total. The Morgan fingerprint density at radius 2 is 2.04 bits per heavy atom. The molecule has 0 aliphatic carbocycles. The van der Waals surface area contributed by atoms with Crippen molar-refractivity contribution in [2.45, 2.75) is 38.8 Å². The lowest BCUT2D eigenvalue weighted by Crippen LogP contribution is -2.60. The van der Waals surface area contributed by atoms with E-state index in [4.69, 9.17) is 0 Å². The molecule has 1 saturated heterocycles. The van der Waals surface area contributed by atoms with Crippen molar-refractivity contribution >= 4 is 16.9 Å². The maximum absolute atomic E-state index is 13.0. The van der Waals surface area contributed by atoms with Crippen LogP contribution in [-0.4, -0.2) is 39.4 Å². The molecule has 2 aromatic rings. The zero-order chi connectivity index (χ0) is 18.4. The molecule has 3 rings (SSSR count). The van der Waals surface area contributed by atoms with Crippen LogP contribution in [0.1, 0.15) is 30.8 Å². The van der Waals surface area contributed by atoms with Crippen LogP contribution in [0, 0.1) is 0 Å². The number of halogens is 4. The number of nitrogens with one attached hydrogen (secondary N) is 2. The van der Waals surface area contributed by atoms with E-state index in [1.54, 1.807) is 18.7 Å². The number of carbonyl (C=O) groups is 1. The molecule has 1 aliphatic rings. The summed E-state index contributed by atoms with van der Waals surface area (Å²) in [4.78, 5) is 21.0. The molecule has 9 heteroatoms. The Hall–Kier alpha value is -2.16. The number of imidazole rings is 1. The Bertz CT molecular complexity index is 812. The van der Waals surface area contributed by atoms with Crippen molar-refractivity contribution in [3.8, 4) is 0 Å². The second-order valence-electron chi connectivity index (χ2n) is 6.62. The highest BCUT2D eigenvalue weighted by Gasteiger charge is 2.36. The zero-order valence-electron chi connectivity index (χ0n) is 13.8. The summed E-state index contributed by atoms with van der Waals surface area (Å²) in [6.07, 6.45) is -4.65. The number of piperazine rings is 1. The average molecular weight is 358 g/mol. The van der Waals surface area contributed by atoms with Crippen LogP contribution in [0.5, 0.6) is 0 Å². The molecule has 1 aromatic heterocycles. The van der Waals surface area contributed by atoms with Crippen LogP contribution in [-0.2, 0) is 24.2 Å². The first-order chi connectivity index (χ1) is 11.6. The molecular weight excluding hydrogens is 340 g/mol. The average Bonchev–Trinajstić information content (AvgIpc) is 2.91. The predicted molar refractivity (Wildman–Crippen MR) is 83.4 cm³/mol. The van der Waals surface area contributed by atoms with Crippen LogP contribution in [0.3, 0.4) is 0 Å². The fourth-order valence-electron chi connectivity index (χ4n) is 3.01. The smallest absolute Gasteiger partial charge is 0.340 e. The molecule has 1 aromatic carbocycles. The molecule has 0 radical (unpaired) electrons. The number of alkyl halides is 4. The third-order valence-corrected chi connectivity index (χ3v) is 4.32. The summed E-state index contributed by atoms with van der Waals surface area (Å²) in [5.74, 6) is 0.254. The number of aromatic amines is 1. The number of fused-ring (bicyclic) bond motifs is 1. The van der Waals surface area contributed by atoms with Gasteiger partial charge >= 0.3 is 6.18 Å². The van der Waals surface area contributed by atoms with Gasteiger partial charge in [0.15, 0.2) is 0 Å². The van der Waals surface area contributed by atoms with Gasteiger partial charge in [0.25, 0.3) is 0 Å². The predicted octanol–water partition coefficient (Wildman–Crippen LogP) is 2.76. The summed E-state index contributed by atoms with van der Waals surface area (Å²) in [6, 6.07) is 1.96. The molecular formula is C16H18F4N4O. The summed E-state index contributed by atoms with van der Waals surface area (Å²) < 4.78 is 52.0. The van der Waals surface area contributed by atoms with Crippen LogP contribution in [0.25, 0.3) is 11.0 Å². The van der Waals surface area contributed by atoms with Gasteiger partial charge in [0.05, 0.1) is 28.7 Å². The fourth-order valence-corrected chi connectivity index (χ4v) is 3.01. The van der Waals surface area contributed by atoms with Crippen molar-refractivity contribution in [1.29, 1.82) is 0 Å². The first kappa shape index (κ1) is 17.7. The van der Waals surface area contributed by atoms with Gasteiger partial charge in [-0.15, -0.1) is 0 Å². The van der Waals surface area contributed by atoms with E-state index >= 15 is 0 Å². The third kappa shape index (κ3) is 3.33. The highest BCUT2D eigenvalue weighted by molar-refractivity contribution is 5.86. The molecule has 1 aliphatic heterocycles. The van der Waals surface area contributed by atoms with Crippen molar-refractivity contribution in [2.24, 2.45) is 0 Å². The van der Waals surface area contributed by atoms with Gasteiger partial charge in [-0.3, -0.25) is 4.79 Å². The number of rotatable bonds is 3. The van der Waals surface area contributed by atoms with Gasteiger partial charge in [0.1, 0.15) is 12.5 Å². The number of benzene rings is 1. The molecule has 5 nitrogen and oxygen atoms in total. The van der Waals surface area contributed by atoms with E-state index in [1.165, 1.54) is 0 Å². The van der Waals surface area contributed by atoms with Crippen molar-refractivity contribution in [2.75, 3.05) is 13.1 Å². The summed E-state index contributed by atoms with van der Waals surface area (Å²) >= 11 is 0. The lowest BCUT2D eigenvalue weighted by molar-refractivity contribution is -0.140. The van der Waals surface area contributed by atoms with Crippen molar-refractivity contribution < 1.29 is 22.4 Å². The SMILES string of the molecule is CC1(C)NCCN(Cc2nc3cc(C(F)(F)F)c(CF)cc3[nH]2)C1=O. The standard InChI is InChI=1S/C16H18F4N4O/c1-15(2)14(25)24(4-3-21-15)8-13-22-11-5-9(7-17)10(16(18,19)20)6-12(11)23-13/h5-6,21H,3-4,7-8H2,1-2H3,(H,22,23). The van der Waals surface area contributed by atoms with Gasteiger partial charge in [-0.05, 0) is 31.5 Å². The van der Waals surface area contributed by atoms with Gasteiger partial charge in [0.2, 0.25) is 5.91 Å². The normalized spacial score (nSPS) is 18.2. The number of nitrogens with zero attached hydrogens (tertiary/aromatic N) is 2. The van der Waals surface area contributed by atoms with E-state index in [0.29, 0.717) is 24.4 Å². The minimum atomic E-state index is -4.65. The van der Waals surface area contributed by atoms with E-state index in [9.17, 15) is 22.4 Å². The summed E-state index contributed by atoms with van der Waals surface area (Å²) in [6.45, 7) is 3.56. The van der Waals surface area contributed by atoms with E-state index in [1.807, 2.05) is 0 Å². The Morgan fingerprint density at radius 1 is 1.32 bits per heavy atom. The Morgan fingerprint density at radius 3 is 2.68 bits per heavy atom. The number of H-pyrrole nitrogens is 1. The highest BCUT2D eigenvalue weighted by atomic mass is 19.4. The van der Waals surface area contributed by atoms with Gasteiger partial charge in [-0.25, -0.2) is 9.37 Å². The van der Waals surface area contributed by atoms with Gasteiger partial charge in [-0.2, -0.15) is 13.2 Å². The van der Waals surface area contributed by atoms with E-state index in [-0.39, 0.29) is 18.0 Å². The molecule has 1 amide bonds. The molecule has 2 heterocycles. The van der Waals surface area contributed by atoms with Crippen molar-refractivity contribution in [1.82, 2.24) is 20.2 Å². The fraction of sp³-hybridized carbons (Fsp3) is 0.500. The van der Waals surface area contributed by atoms with Gasteiger partial charge in [0, 0.05) is 13.1 Å². The molecule has 136 valence electrons. The van der Waals surface area contributed by atoms with E-state index in [0.717, 1.165) is 12.1 Å². The first-order valence-electron chi connectivity index (χ1n) is 7.81. The summed E-state index contributed by atoms with van der Waals surface area (Å²) in [7, 11) is 0. The number of aromatic nitrogens is 2. The number of hydrogen-bond acceptors (Lipinski definition) is 3. The van der Waals surface area contributed by atoms with Crippen LogP contribution in [0.15, 0.2) is 12.1 Å².